The van der Waals surface area contributed by atoms with Gasteiger partial charge in [-0.2, -0.15) is 0 Å². The molecule has 5 nitrogen and oxygen atoms in total. The molecule has 2 heterocycles. The molecule has 146 valence electrons. The van der Waals surface area contributed by atoms with Crippen molar-refractivity contribution in [3.8, 4) is 0 Å². The number of hydrogen-bond donors (Lipinski definition) is 0. The van der Waals surface area contributed by atoms with E-state index in [-0.39, 0.29) is 0 Å². The van der Waals surface area contributed by atoms with Gasteiger partial charge < -0.3 is 19.4 Å². The molecule has 0 aliphatic carbocycles. The van der Waals surface area contributed by atoms with Crippen LogP contribution in [0.25, 0.3) is 0 Å². The first kappa shape index (κ1) is 20.7. The van der Waals surface area contributed by atoms with Crippen LogP contribution in [0.1, 0.15) is 51.9 Å². The van der Waals surface area contributed by atoms with Crippen LogP contribution in [0, 0.1) is 5.92 Å². The Labute approximate surface area is 154 Å². The zero-order valence-electron chi connectivity index (χ0n) is 16.3. The zero-order valence-corrected chi connectivity index (χ0v) is 16.3. The molecule has 2 fully saturated rings. The van der Waals surface area contributed by atoms with Gasteiger partial charge in [0.05, 0.1) is 6.61 Å². The van der Waals surface area contributed by atoms with Crippen molar-refractivity contribution in [2.75, 3.05) is 65.5 Å². The van der Waals surface area contributed by atoms with Crippen molar-refractivity contribution in [3.63, 3.8) is 0 Å². The van der Waals surface area contributed by atoms with Gasteiger partial charge in [0.2, 0.25) is 0 Å². The summed E-state index contributed by atoms with van der Waals surface area (Å²) in [4.78, 5) is 18.5. The van der Waals surface area contributed by atoms with Crippen molar-refractivity contribution in [2.45, 2.75) is 51.9 Å². The minimum Gasteiger partial charge on any atom is -0.468 e. The quantitative estimate of drug-likeness (QED) is 0.541. The van der Waals surface area contributed by atoms with Crippen LogP contribution in [0.15, 0.2) is 0 Å². The molecular formula is C20H39N3O2. The maximum absolute atomic E-state index is 10.4. The SMILES string of the molecule is CCCN1CCCN2CCCN(CCCC(CCOC=O)CC2)CC1. The molecular weight excluding hydrogens is 314 g/mol. The van der Waals surface area contributed by atoms with Gasteiger partial charge in [0.1, 0.15) is 0 Å². The second kappa shape index (κ2) is 12.7. The van der Waals surface area contributed by atoms with Gasteiger partial charge in [-0.3, -0.25) is 4.79 Å². The molecule has 2 rings (SSSR count). The minimum absolute atomic E-state index is 0.587. The number of carbonyl (C=O) groups is 1. The van der Waals surface area contributed by atoms with E-state index in [1.807, 2.05) is 0 Å². The third kappa shape index (κ3) is 8.52. The van der Waals surface area contributed by atoms with Crippen molar-refractivity contribution in [3.05, 3.63) is 0 Å². The molecule has 0 aromatic rings. The van der Waals surface area contributed by atoms with E-state index in [4.69, 9.17) is 4.74 Å². The van der Waals surface area contributed by atoms with E-state index in [2.05, 4.69) is 21.6 Å². The molecule has 0 radical (unpaired) electrons. The average molecular weight is 354 g/mol. The van der Waals surface area contributed by atoms with E-state index in [1.165, 1.54) is 97.4 Å². The summed E-state index contributed by atoms with van der Waals surface area (Å²) in [7, 11) is 0. The van der Waals surface area contributed by atoms with Crippen molar-refractivity contribution in [2.24, 2.45) is 5.92 Å². The summed E-state index contributed by atoms with van der Waals surface area (Å²) >= 11 is 0. The van der Waals surface area contributed by atoms with Crippen molar-refractivity contribution in [1.29, 1.82) is 0 Å². The third-order valence-corrected chi connectivity index (χ3v) is 5.82. The maximum atomic E-state index is 10.4. The minimum atomic E-state index is 0.587. The summed E-state index contributed by atoms with van der Waals surface area (Å²) in [5.74, 6) is 0.696. The average Bonchev–Trinajstić information content (AvgIpc) is 2.68. The number of nitrogens with zero attached hydrogens (tertiary/aromatic N) is 3. The van der Waals surface area contributed by atoms with Gasteiger partial charge in [0.25, 0.3) is 6.47 Å². The number of hydrogen-bond acceptors (Lipinski definition) is 5. The van der Waals surface area contributed by atoms with Crippen molar-refractivity contribution < 1.29 is 9.53 Å². The Morgan fingerprint density at radius 1 is 0.880 bits per heavy atom. The summed E-state index contributed by atoms with van der Waals surface area (Å²) in [5, 5.41) is 0. The predicted octanol–water partition coefficient (Wildman–Crippen LogP) is 2.46. The first-order chi connectivity index (χ1) is 12.3. The highest BCUT2D eigenvalue weighted by molar-refractivity contribution is 5.36. The number of carbonyl (C=O) groups excluding carboxylic acids is 1. The summed E-state index contributed by atoms with van der Waals surface area (Å²) in [6.45, 7) is 14.6. The van der Waals surface area contributed by atoms with E-state index >= 15 is 0 Å². The summed E-state index contributed by atoms with van der Waals surface area (Å²) in [6.07, 6.45) is 8.67. The standard InChI is InChI=1S/C20H39N3O2/c1-2-9-21-11-4-12-22-13-5-14-23(17-16-21)10-3-6-20(7-15-22)8-18-25-19-24/h19-20H,2-18H2,1H3. The van der Waals surface area contributed by atoms with Crippen LogP contribution < -0.4 is 0 Å². The van der Waals surface area contributed by atoms with Crippen LogP contribution >= 0.6 is 0 Å². The van der Waals surface area contributed by atoms with E-state index < -0.39 is 0 Å². The molecule has 0 aromatic heterocycles. The molecule has 0 amide bonds. The fraction of sp³-hybridized carbons (Fsp3) is 0.950. The molecule has 2 saturated heterocycles. The lowest BCUT2D eigenvalue weighted by atomic mass is 9.95. The highest BCUT2D eigenvalue weighted by Crippen LogP contribution is 2.19. The van der Waals surface area contributed by atoms with Gasteiger partial charge in [-0.15, -0.1) is 0 Å². The van der Waals surface area contributed by atoms with Gasteiger partial charge in [-0.25, -0.2) is 0 Å². The van der Waals surface area contributed by atoms with E-state index in [1.54, 1.807) is 0 Å². The van der Waals surface area contributed by atoms with Crippen LogP contribution in [-0.2, 0) is 9.53 Å². The van der Waals surface area contributed by atoms with Crippen LogP contribution in [0.3, 0.4) is 0 Å². The van der Waals surface area contributed by atoms with Gasteiger partial charge in [0, 0.05) is 13.1 Å². The van der Waals surface area contributed by atoms with Gasteiger partial charge >= 0.3 is 0 Å². The molecule has 2 bridgehead atoms. The Kier molecular flexibility index (Phi) is 10.5. The summed E-state index contributed by atoms with van der Waals surface area (Å²) in [5.41, 5.74) is 0. The van der Waals surface area contributed by atoms with Gasteiger partial charge in [0.15, 0.2) is 0 Å². The number of ether oxygens (including phenoxy) is 1. The fourth-order valence-electron chi connectivity index (χ4n) is 4.33. The molecule has 2 aliphatic heterocycles. The van der Waals surface area contributed by atoms with E-state index in [9.17, 15) is 4.79 Å². The fourth-order valence-corrected chi connectivity index (χ4v) is 4.33. The van der Waals surface area contributed by atoms with Crippen LogP contribution in [-0.4, -0.2) is 86.7 Å². The van der Waals surface area contributed by atoms with Crippen LogP contribution in [0.2, 0.25) is 0 Å². The van der Waals surface area contributed by atoms with Crippen LogP contribution in [0.5, 0.6) is 0 Å². The van der Waals surface area contributed by atoms with Crippen molar-refractivity contribution >= 4 is 6.47 Å². The maximum Gasteiger partial charge on any atom is 0.293 e. The molecule has 0 aromatic carbocycles. The summed E-state index contributed by atoms with van der Waals surface area (Å²) in [6, 6.07) is 0. The highest BCUT2D eigenvalue weighted by atomic mass is 16.5. The molecule has 0 N–H and O–H groups in total. The predicted molar refractivity (Wildman–Crippen MR) is 103 cm³/mol. The Morgan fingerprint density at radius 3 is 2.36 bits per heavy atom. The molecule has 0 saturated carbocycles. The first-order valence-electron chi connectivity index (χ1n) is 10.5. The highest BCUT2D eigenvalue weighted by Gasteiger charge is 2.18. The molecule has 0 spiro atoms. The van der Waals surface area contributed by atoms with Crippen molar-refractivity contribution in [1.82, 2.24) is 14.7 Å². The molecule has 2 aliphatic rings. The van der Waals surface area contributed by atoms with E-state index in [0.717, 1.165) is 6.42 Å². The monoisotopic (exact) mass is 353 g/mol. The lowest BCUT2D eigenvalue weighted by Gasteiger charge is -2.28. The third-order valence-electron chi connectivity index (χ3n) is 5.82. The van der Waals surface area contributed by atoms with E-state index in [0.29, 0.717) is 19.0 Å². The molecule has 5 heteroatoms. The molecule has 3 atom stereocenters. The largest absolute Gasteiger partial charge is 0.468 e. The second-order valence-corrected chi connectivity index (χ2v) is 7.78. The summed E-state index contributed by atoms with van der Waals surface area (Å²) < 4.78 is 4.96. The molecule has 3 unspecified atom stereocenters. The van der Waals surface area contributed by atoms with Gasteiger partial charge in [-0.1, -0.05) is 6.92 Å². The molecule has 25 heavy (non-hydrogen) atoms. The smallest absolute Gasteiger partial charge is 0.293 e. The first-order valence-corrected chi connectivity index (χ1v) is 10.5. The zero-order chi connectivity index (χ0) is 17.7. The Balaban J connectivity index is 1.94. The van der Waals surface area contributed by atoms with Crippen LogP contribution in [0.4, 0.5) is 0 Å². The number of rotatable bonds is 6. The lowest BCUT2D eigenvalue weighted by Crippen LogP contribution is -2.37. The Hall–Kier alpha value is -0.650. The second-order valence-electron chi connectivity index (χ2n) is 7.78. The topological polar surface area (TPSA) is 36.0 Å². The Morgan fingerprint density at radius 2 is 1.60 bits per heavy atom. The number of fused-ring (bicyclic) bond motifs is 4. The normalized spacial score (nSPS) is 30.4. The lowest BCUT2D eigenvalue weighted by molar-refractivity contribution is -0.129. The van der Waals surface area contributed by atoms with Gasteiger partial charge in [-0.05, 0) is 96.7 Å². The Bertz CT molecular complexity index is 354.